The van der Waals surface area contributed by atoms with Gasteiger partial charge >= 0.3 is 11.9 Å². The molecular weight excluding hydrogens is 304 g/mol. The maximum atomic E-state index is 12.5. The normalized spacial score (nSPS) is 33.3. The Hall–Kier alpha value is -1.84. The predicted molar refractivity (Wildman–Crippen MR) is 88.6 cm³/mol. The Bertz CT molecular complexity index is 606. The molecule has 4 bridgehead atoms. The fraction of sp³-hybridized carbons (Fsp3) is 0.600. The van der Waals surface area contributed by atoms with Gasteiger partial charge in [0, 0.05) is 0 Å². The van der Waals surface area contributed by atoms with Gasteiger partial charge in [0.25, 0.3) is 0 Å². The first-order chi connectivity index (χ1) is 11.6. The third-order valence-corrected chi connectivity index (χ3v) is 6.02. The quantitative estimate of drug-likeness (QED) is 0.788. The minimum atomic E-state index is -0.363. The molecule has 5 rings (SSSR count). The van der Waals surface area contributed by atoms with Gasteiger partial charge in [-0.1, -0.05) is 0 Å². The lowest BCUT2D eigenvalue weighted by Crippen LogP contribution is -2.50. The van der Waals surface area contributed by atoms with Crippen LogP contribution in [-0.2, 0) is 9.47 Å². The summed E-state index contributed by atoms with van der Waals surface area (Å²) in [6, 6.07) is 6.58. The Morgan fingerprint density at radius 1 is 0.875 bits per heavy atom. The monoisotopic (exact) mass is 328 g/mol. The first-order valence-corrected chi connectivity index (χ1v) is 9.12. The molecule has 0 radical (unpaired) electrons. The van der Waals surface area contributed by atoms with Crippen molar-refractivity contribution in [3.63, 3.8) is 0 Å². The Kier molecular flexibility index (Phi) is 4.07. The van der Waals surface area contributed by atoms with Crippen LogP contribution in [0.15, 0.2) is 24.3 Å². The SMILES string of the molecule is CCOC(=O)c1ccc(C(=O)OC2C3CC4CC(C3)CC2C4)cc1. The highest BCUT2D eigenvalue weighted by atomic mass is 16.5. The van der Waals surface area contributed by atoms with E-state index in [2.05, 4.69) is 0 Å². The molecular formula is C20H24O4. The number of esters is 2. The first kappa shape index (κ1) is 15.7. The fourth-order valence-corrected chi connectivity index (χ4v) is 5.22. The van der Waals surface area contributed by atoms with E-state index in [0.29, 0.717) is 29.6 Å². The van der Waals surface area contributed by atoms with Gasteiger partial charge in [-0.05, 0) is 87.0 Å². The summed E-state index contributed by atoms with van der Waals surface area (Å²) in [7, 11) is 0. The molecule has 4 aliphatic carbocycles. The van der Waals surface area contributed by atoms with Crippen molar-refractivity contribution >= 4 is 11.9 Å². The van der Waals surface area contributed by atoms with Crippen LogP contribution in [-0.4, -0.2) is 24.6 Å². The summed E-state index contributed by atoms with van der Waals surface area (Å²) in [4.78, 5) is 24.2. The average molecular weight is 328 g/mol. The van der Waals surface area contributed by atoms with Crippen LogP contribution in [0.1, 0.15) is 59.7 Å². The summed E-state index contributed by atoms with van der Waals surface area (Å²) >= 11 is 0. The largest absolute Gasteiger partial charge is 0.462 e. The molecule has 0 N–H and O–H groups in total. The Balaban J connectivity index is 1.42. The zero-order chi connectivity index (χ0) is 16.7. The van der Waals surface area contributed by atoms with E-state index in [1.807, 2.05) is 0 Å². The van der Waals surface area contributed by atoms with E-state index in [-0.39, 0.29) is 18.0 Å². The van der Waals surface area contributed by atoms with Crippen LogP contribution in [0.3, 0.4) is 0 Å². The molecule has 0 aromatic heterocycles. The van der Waals surface area contributed by atoms with Crippen molar-refractivity contribution in [1.29, 1.82) is 0 Å². The summed E-state index contributed by atoms with van der Waals surface area (Å²) < 4.78 is 10.9. The minimum absolute atomic E-state index is 0.0926. The molecule has 0 spiro atoms. The summed E-state index contributed by atoms with van der Waals surface area (Å²) in [6.07, 6.45) is 6.40. The number of ether oxygens (including phenoxy) is 2. The number of hydrogen-bond donors (Lipinski definition) is 0. The van der Waals surface area contributed by atoms with Crippen molar-refractivity contribution in [1.82, 2.24) is 0 Å². The third kappa shape index (κ3) is 2.83. The van der Waals surface area contributed by atoms with Crippen molar-refractivity contribution in [2.24, 2.45) is 23.7 Å². The Morgan fingerprint density at radius 2 is 1.38 bits per heavy atom. The zero-order valence-electron chi connectivity index (χ0n) is 14.1. The molecule has 128 valence electrons. The van der Waals surface area contributed by atoms with Crippen molar-refractivity contribution in [2.75, 3.05) is 6.61 Å². The van der Waals surface area contributed by atoms with Crippen LogP contribution in [0.2, 0.25) is 0 Å². The van der Waals surface area contributed by atoms with E-state index in [4.69, 9.17) is 9.47 Å². The van der Waals surface area contributed by atoms with Crippen molar-refractivity contribution in [2.45, 2.75) is 45.1 Å². The van der Waals surface area contributed by atoms with Gasteiger partial charge in [-0.25, -0.2) is 9.59 Å². The molecule has 1 aromatic rings. The highest BCUT2D eigenvalue weighted by Gasteiger charge is 2.49. The summed E-state index contributed by atoms with van der Waals surface area (Å²) in [5, 5.41) is 0. The summed E-state index contributed by atoms with van der Waals surface area (Å²) in [5.41, 5.74) is 0.972. The predicted octanol–water partition coefficient (Wildman–Crippen LogP) is 3.84. The molecule has 4 heteroatoms. The van der Waals surface area contributed by atoms with Gasteiger partial charge in [0.1, 0.15) is 6.10 Å². The van der Waals surface area contributed by atoms with Crippen LogP contribution in [0.25, 0.3) is 0 Å². The van der Waals surface area contributed by atoms with E-state index in [1.165, 1.54) is 32.1 Å². The smallest absolute Gasteiger partial charge is 0.338 e. The van der Waals surface area contributed by atoms with E-state index in [0.717, 1.165) is 11.8 Å². The zero-order valence-corrected chi connectivity index (χ0v) is 14.1. The lowest BCUT2D eigenvalue weighted by atomic mass is 9.55. The maximum absolute atomic E-state index is 12.5. The lowest BCUT2D eigenvalue weighted by molar-refractivity contribution is -0.101. The van der Waals surface area contributed by atoms with Gasteiger partial charge in [-0.3, -0.25) is 0 Å². The molecule has 0 aliphatic heterocycles. The highest BCUT2D eigenvalue weighted by molar-refractivity contribution is 5.93. The number of benzene rings is 1. The summed E-state index contributed by atoms with van der Waals surface area (Å²) in [6.45, 7) is 2.11. The van der Waals surface area contributed by atoms with Gasteiger partial charge < -0.3 is 9.47 Å². The number of hydrogen-bond acceptors (Lipinski definition) is 4. The van der Waals surface area contributed by atoms with Crippen molar-refractivity contribution < 1.29 is 19.1 Å². The molecule has 4 aliphatic rings. The van der Waals surface area contributed by atoms with Gasteiger partial charge in [0.05, 0.1) is 17.7 Å². The topological polar surface area (TPSA) is 52.6 Å². The second kappa shape index (κ2) is 6.23. The molecule has 0 saturated heterocycles. The molecule has 0 atom stereocenters. The molecule has 4 nitrogen and oxygen atoms in total. The Morgan fingerprint density at radius 3 is 1.88 bits per heavy atom. The summed E-state index contributed by atoms with van der Waals surface area (Å²) in [5.74, 6) is 2.23. The molecule has 4 saturated carbocycles. The van der Waals surface area contributed by atoms with Gasteiger partial charge in [0.15, 0.2) is 0 Å². The van der Waals surface area contributed by atoms with E-state index in [1.54, 1.807) is 31.2 Å². The van der Waals surface area contributed by atoms with Crippen LogP contribution < -0.4 is 0 Å². The second-order valence-electron chi connectivity index (χ2n) is 7.60. The van der Waals surface area contributed by atoms with Crippen LogP contribution in [0.5, 0.6) is 0 Å². The van der Waals surface area contributed by atoms with E-state index >= 15 is 0 Å². The first-order valence-electron chi connectivity index (χ1n) is 9.12. The number of rotatable bonds is 4. The molecule has 0 amide bonds. The average Bonchev–Trinajstić information content (AvgIpc) is 2.57. The second-order valence-corrected chi connectivity index (χ2v) is 7.60. The van der Waals surface area contributed by atoms with Gasteiger partial charge in [0.2, 0.25) is 0 Å². The molecule has 0 unspecified atom stereocenters. The van der Waals surface area contributed by atoms with Crippen molar-refractivity contribution in [3.05, 3.63) is 35.4 Å². The highest BCUT2D eigenvalue weighted by Crippen LogP contribution is 2.54. The van der Waals surface area contributed by atoms with Gasteiger partial charge in [-0.2, -0.15) is 0 Å². The van der Waals surface area contributed by atoms with Crippen molar-refractivity contribution in [3.8, 4) is 0 Å². The fourth-order valence-electron chi connectivity index (χ4n) is 5.22. The minimum Gasteiger partial charge on any atom is -0.462 e. The number of carbonyl (C=O) groups excluding carboxylic acids is 2. The molecule has 1 aromatic carbocycles. The van der Waals surface area contributed by atoms with E-state index < -0.39 is 0 Å². The standard InChI is InChI=1S/C20H24O4/c1-2-23-19(21)14-3-5-15(6-4-14)20(22)24-18-16-8-12-7-13(10-16)11-17(18)9-12/h3-6,12-13,16-18H,2,7-11H2,1H3. The van der Waals surface area contributed by atoms with Crippen LogP contribution in [0, 0.1) is 23.7 Å². The van der Waals surface area contributed by atoms with Gasteiger partial charge in [-0.15, -0.1) is 0 Å². The molecule has 0 heterocycles. The van der Waals surface area contributed by atoms with Crippen LogP contribution >= 0.6 is 0 Å². The number of carbonyl (C=O) groups is 2. The van der Waals surface area contributed by atoms with E-state index in [9.17, 15) is 9.59 Å². The Labute approximate surface area is 142 Å². The molecule has 4 fully saturated rings. The maximum Gasteiger partial charge on any atom is 0.338 e. The lowest BCUT2D eigenvalue weighted by Gasteiger charge is -2.53. The van der Waals surface area contributed by atoms with Crippen LogP contribution in [0.4, 0.5) is 0 Å². The molecule has 24 heavy (non-hydrogen) atoms. The third-order valence-electron chi connectivity index (χ3n) is 6.02.